The third kappa shape index (κ3) is 4.18. The Morgan fingerprint density at radius 1 is 1.12 bits per heavy atom. The lowest BCUT2D eigenvalue weighted by Crippen LogP contribution is -2.31. The molecule has 0 saturated carbocycles. The highest BCUT2D eigenvalue weighted by atomic mass is 19.1. The van der Waals surface area contributed by atoms with Gasteiger partial charge in [0.2, 0.25) is 11.7 Å². The van der Waals surface area contributed by atoms with Crippen LogP contribution in [0.3, 0.4) is 0 Å². The predicted octanol–water partition coefficient (Wildman–Crippen LogP) is 2.16. The van der Waals surface area contributed by atoms with E-state index in [1.54, 1.807) is 36.4 Å². The Kier molecular flexibility index (Phi) is 5.89. The molecule has 0 bridgehead atoms. The van der Waals surface area contributed by atoms with Crippen molar-refractivity contribution in [2.45, 2.75) is 33.4 Å². The van der Waals surface area contributed by atoms with Crippen LogP contribution in [-0.2, 0) is 17.9 Å². The molecule has 2 aromatic carbocycles. The van der Waals surface area contributed by atoms with Crippen molar-refractivity contribution in [3.63, 3.8) is 0 Å². The standard InChI is InChI=1S/C23H24FN5O3/c1-15(2)13-25-20(30)10-11-27-21(31)18-8-3-4-9-19(18)29-22(27)26-28(23(29)32)14-16-6-5-7-17(24)12-16/h3-9,12,15H,10-11,13-14H2,1-2H3,(H,25,30). The number of halogens is 1. The SMILES string of the molecule is CC(C)CNC(=O)CCn1c(=O)c2ccccc2n2c(=O)n(Cc3cccc(F)c3)nc12. The van der Waals surface area contributed by atoms with Crippen LogP contribution in [0.25, 0.3) is 16.7 Å². The van der Waals surface area contributed by atoms with Gasteiger partial charge in [-0.1, -0.05) is 38.1 Å². The number of nitrogens with one attached hydrogen (secondary N) is 1. The zero-order valence-corrected chi connectivity index (χ0v) is 17.9. The van der Waals surface area contributed by atoms with E-state index in [0.717, 1.165) is 0 Å². The molecule has 32 heavy (non-hydrogen) atoms. The molecule has 0 aliphatic heterocycles. The number of carbonyl (C=O) groups is 1. The molecule has 0 saturated heterocycles. The fourth-order valence-electron chi connectivity index (χ4n) is 3.60. The van der Waals surface area contributed by atoms with Crippen LogP contribution >= 0.6 is 0 Å². The molecule has 1 N–H and O–H groups in total. The van der Waals surface area contributed by atoms with Gasteiger partial charge < -0.3 is 5.32 Å². The van der Waals surface area contributed by atoms with Crippen LogP contribution in [0.1, 0.15) is 25.8 Å². The minimum atomic E-state index is -0.446. The number of aryl methyl sites for hydroxylation is 1. The minimum Gasteiger partial charge on any atom is -0.356 e. The summed E-state index contributed by atoms with van der Waals surface area (Å²) in [4.78, 5) is 38.6. The first kappa shape index (κ1) is 21.5. The summed E-state index contributed by atoms with van der Waals surface area (Å²) < 4.78 is 17.5. The van der Waals surface area contributed by atoms with Crippen molar-refractivity contribution in [1.29, 1.82) is 0 Å². The third-order valence-electron chi connectivity index (χ3n) is 5.18. The van der Waals surface area contributed by atoms with Crippen molar-refractivity contribution in [3.8, 4) is 0 Å². The largest absolute Gasteiger partial charge is 0.356 e. The number of carbonyl (C=O) groups excluding carboxylic acids is 1. The molecule has 0 unspecified atom stereocenters. The molecule has 0 aliphatic rings. The minimum absolute atomic E-state index is 0.0513. The third-order valence-corrected chi connectivity index (χ3v) is 5.18. The topological polar surface area (TPSA) is 90.4 Å². The van der Waals surface area contributed by atoms with Crippen molar-refractivity contribution < 1.29 is 9.18 Å². The van der Waals surface area contributed by atoms with Crippen molar-refractivity contribution in [2.75, 3.05) is 6.54 Å². The van der Waals surface area contributed by atoms with E-state index >= 15 is 0 Å². The molecule has 4 rings (SSSR count). The molecule has 0 fully saturated rings. The van der Waals surface area contributed by atoms with Gasteiger partial charge >= 0.3 is 5.69 Å². The Morgan fingerprint density at radius 3 is 2.66 bits per heavy atom. The highest BCUT2D eigenvalue weighted by Crippen LogP contribution is 2.12. The summed E-state index contributed by atoms with van der Waals surface area (Å²) in [5.41, 5.74) is 0.233. The first-order valence-electron chi connectivity index (χ1n) is 10.5. The molecule has 8 nitrogen and oxygen atoms in total. The second-order valence-corrected chi connectivity index (χ2v) is 8.13. The Labute approximate surface area is 182 Å². The summed E-state index contributed by atoms with van der Waals surface area (Å²) in [6, 6.07) is 12.7. The monoisotopic (exact) mass is 437 g/mol. The summed E-state index contributed by atoms with van der Waals surface area (Å²) in [6.45, 7) is 4.66. The maximum Gasteiger partial charge on any atom is 0.352 e. The molecule has 4 aromatic rings. The lowest BCUT2D eigenvalue weighted by molar-refractivity contribution is -0.121. The van der Waals surface area contributed by atoms with E-state index in [9.17, 15) is 18.8 Å². The Hall–Kier alpha value is -3.75. The van der Waals surface area contributed by atoms with Gasteiger partial charge in [0.15, 0.2) is 0 Å². The van der Waals surface area contributed by atoms with Crippen molar-refractivity contribution >= 4 is 22.6 Å². The summed E-state index contributed by atoms with van der Waals surface area (Å²) in [5.74, 6) is -0.134. The number of aromatic nitrogens is 4. The van der Waals surface area contributed by atoms with Gasteiger partial charge in [-0.2, -0.15) is 0 Å². The Bertz CT molecular complexity index is 1420. The van der Waals surface area contributed by atoms with Crippen LogP contribution in [0.15, 0.2) is 58.1 Å². The van der Waals surface area contributed by atoms with Gasteiger partial charge in [-0.05, 0) is 35.7 Å². The molecule has 2 heterocycles. The molecular formula is C23H24FN5O3. The highest BCUT2D eigenvalue weighted by molar-refractivity contribution is 5.80. The summed E-state index contributed by atoms with van der Waals surface area (Å²) in [6.07, 6.45) is 0.0750. The smallest absolute Gasteiger partial charge is 0.352 e. The Balaban J connectivity index is 1.80. The number of amides is 1. The van der Waals surface area contributed by atoms with Crippen LogP contribution in [0.2, 0.25) is 0 Å². The van der Waals surface area contributed by atoms with Crippen molar-refractivity contribution in [2.24, 2.45) is 5.92 Å². The number of fused-ring (bicyclic) bond motifs is 3. The molecule has 0 radical (unpaired) electrons. The van der Waals surface area contributed by atoms with E-state index in [1.165, 1.54) is 25.8 Å². The summed E-state index contributed by atoms with van der Waals surface area (Å²) in [5, 5.41) is 7.56. The van der Waals surface area contributed by atoms with Gasteiger partial charge in [-0.3, -0.25) is 14.2 Å². The predicted molar refractivity (Wildman–Crippen MR) is 119 cm³/mol. The van der Waals surface area contributed by atoms with Gasteiger partial charge in [0.1, 0.15) is 5.82 Å². The molecule has 0 atom stereocenters. The summed E-state index contributed by atoms with van der Waals surface area (Å²) >= 11 is 0. The van der Waals surface area contributed by atoms with Crippen molar-refractivity contribution in [3.05, 3.63) is 80.7 Å². The quantitative estimate of drug-likeness (QED) is 0.480. The van der Waals surface area contributed by atoms with E-state index in [4.69, 9.17) is 0 Å². The normalized spacial score (nSPS) is 11.5. The van der Waals surface area contributed by atoms with Gasteiger partial charge in [-0.15, -0.1) is 5.10 Å². The van der Waals surface area contributed by atoms with E-state index < -0.39 is 11.5 Å². The second-order valence-electron chi connectivity index (χ2n) is 8.13. The first-order chi connectivity index (χ1) is 15.3. The Morgan fingerprint density at radius 2 is 1.91 bits per heavy atom. The molecule has 0 aliphatic carbocycles. The van der Waals surface area contributed by atoms with Gasteiger partial charge in [0.25, 0.3) is 5.56 Å². The van der Waals surface area contributed by atoms with E-state index in [2.05, 4.69) is 10.4 Å². The van der Waals surface area contributed by atoms with E-state index in [0.29, 0.717) is 28.9 Å². The maximum atomic E-state index is 13.6. The number of para-hydroxylation sites is 1. The number of rotatable bonds is 7. The zero-order chi connectivity index (χ0) is 22.8. The van der Waals surface area contributed by atoms with Crippen LogP contribution < -0.4 is 16.6 Å². The number of hydrogen-bond acceptors (Lipinski definition) is 4. The fraction of sp³-hybridized carbons (Fsp3) is 0.304. The van der Waals surface area contributed by atoms with Crippen LogP contribution in [-0.4, -0.2) is 31.2 Å². The van der Waals surface area contributed by atoms with Gasteiger partial charge in [-0.25, -0.2) is 18.3 Å². The highest BCUT2D eigenvalue weighted by Gasteiger charge is 2.18. The molecule has 9 heteroatoms. The molecule has 2 aromatic heterocycles. The van der Waals surface area contributed by atoms with E-state index in [1.807, 2.05) is 13.8 Å². The van der Waals surface area contributed by atoms with E-state index in [-0.39, 0.29) is 36.8 Å². The number of benzene rings is 2. The number of nitrogens with zero attached hydrogens (tertiary/aromatic N) is 4. The lowest BCUT2D eigenvalue weighted by Gasteiger charge is -2.10. The summed E-state index contributed by atoms with van der Waals surface area (Å²) in [7, 11) is 0. The van der Waals surface area contributed by atoms with Crippen LogP contribution in [0.4, 0.5) is 4.39 Å². The van der Waals surface area contributed by atoms with Gasteiger partial charge in [0.05, 0.1) is 17.4 Å². The van der Waals surface area contributed by atoms with Gasteiger partial charge in [0, 0.05) is 19.5 Å². The molecule has 1 amide bonds. The fourth-order valence-corrected chi connectivity index (χ4v) is 3.60. The maximum absolute atomic E-state index is 13.6. The average molecular weight is 437 g/mol. The van der Waals surface area contributed by atoms with Crippen LogP contribution in [0, 0.1) is 11.7 Å². The van der Waals surface area contributed by atoms with Crippen molar-refractivity contribution in [1.82, 2.24) is 24.1 Å². The lowest BCUT2D eigenvalue weighted by atomic mass is 10.2. The molecular weight excluding hydrogens is 413 g/mol. The second kappa shape index (κ2) is 8.78. The van der Waals surface area contributed by atoms with Crippen LogP contribution in [0.5, 0.6) is 0 Å². The first-order valence-corrected chi connectivity index (χ1v) is 10.5. The number of hydrogen-bond donors (Lipinski definition) is 1. The average Bonchev–Trinajstić information content (AvgIpc) is 3.08. The molecule has 0 spiro atoms. The molecule has 166 valence electrons. The zero-order valence-electron chi connectivity index (χ0n) is 17.9.